The van der Waals surface area contributed by atoms with E-state index in [1.165, 1.54) is 0 Å². The average molecular weight is 281 g/mol. The summed E-state index contributed by atoms with van der Waals surface area (Å²) in [5.74, 6) is 0. The maximum Gasteiger partial charge on any atom is 0.0965 e. The fourth-order valence-electron chi connectivity index (χ4n) is 2.54. The highest BCUT2D eigenvalue weighted by atomic mass is 15.3. The number of rotatable bonds is 5. The van der Waals surface area contributed by atoms with Crippen LogP contribution < -0.4 is 5.32 Å². The van der Waals surface area contributed by atoms with Crippen LogP contribution in [0, 0.1) is 0 Å². The second kappa shape index (κ2) is 6.01. The van der Waals surface area contributed by atoms with Gasteiger partial charge in [0.1, 0.15) is 0 Å². The van der Waals surface area contributed by atoms with Crippen molar-refractivity contribution >= 4 is 10.9 Å². The SMILES string of the molecule is CCCNC(c1cnccn1)c1nn(C)c2ccccc12. The van der Waals surface area contributed by atoms with Crippen LogP contribution in [0.3, 0.4) is 0 Å². The minimum Gasteiger partial charge on any atom is -0.304 e. The van der Waals surface area contributed by atoms with Crippen LogP contribution in [-0.2, 0) is 7.05 Å². The summed E-state index contributed by atoms with van der Waals surface area (Å²) in [5, 5.41) is 9.39. The highest BCUT2D eigenvalue weighted by molar-refractivity contribution is 5.82. The first-order valence-corrected chi connectivity index (χ1v) is 7.22. The van der Waals surface area contributed by atoms with Crippen molar-refractivity contribution in [2.24, 2.45) is 7.05 Å². The van der Waals surface area contributed by atoms with Crippen LogP contribution in [0.1, 0.15) is 30.8 Å². The molecular formula is C16H19N5. The van der Waals surface area contributed by atoms with E-state index in [0.717, 1.165) is 35.3 Å². The normalized spacial score (nSPS) is 12.7. The zero-order valence-corrected chi connectivity index (χ0v) is 12.3. The molecule has 2 heterocycles. The number of aromatic nitrogens is 4. The van der Waals surface area contributed by atoms with Crippen molar-refractivity contribution in [1.29, 1.82) is 0 Å². The number of aryl methyl sites for hydroxylation is 1. The number of nitrogens with one attached hydrogen (secondary N) is 1. The zero-order chi connectivity index (χ0) is 14.7. The number of benzene rings is 1. The molecule has 0 aliphatic carbocycles. The molecule has 0 aliphatic rings. The van der Waals surface area contributed by atoms with Crippen LogP contribution in [0.4, 0.5) is 0 Å². The predicted molar refractivity (Wildman–Crippen MR) is 82.9 cm³/mol. The van der Waals surface area contributed by atoms with Crippen molar-refractivity contribution < 1.29 is 0 Å². The lowest BCUT2D eigenvalue weighted by Crippen LogP contribution is -2.25. The molecule has 1 atom stereocenters. The molecule has 0 spiro atoms. The van der Waals surface area contributed by atoms with Gasteiger partial charge in [-0.1, -0.05) is 25.1 Å². The van der Waals surface area contributed by atoms with Gasteiger partial charge in [0.2, 0.25) is 0 Å². The molecular weight excluding hydrogens is 262 g/mol. The third-order valence-electron chi connectivity index (χ3n) is 3.54. The van der Waals surface area contributed by atoms with Crippen LogP contribution in [0.15, 0.2) is 42.9 Å². The summed E-state index contributed by atoms with van der Waals surface area (Å²) in [6, 6.07) is 8.23. The van der Waals surface area contributed by atoms with E-state index in [1.54, 1.807) is 18.6 Å². The van der Waals surface area contributed by atoms with E-state index in [-0.39, 0.29) is 6.04 Å². The maximum absolute atomic E-state index is 4.71. The lowest BCUT2D eigenvalue weighted by Gasteiger charge is -2.16. The summed E-state index contributed by atoms with van der Waals surface area (Å²) in [4.78, 5) is 8.64. The highest BCUT2D eigenvalue weighted by Gasteiger charge is 2.21. The van der Waals surface area contributed by atoms with Gasteiger partial charge in [-0.3, -0.25) is 14.6 Å². The Hall–Kier alpha value is -2.27. The van der Waals surface area contributed by atoms with Gasteiger partial charge < -0.3 is 5.32 Å². The van der Waals surface area contributed by atoms with Crippen molar-refractivity contribution in [2.45, 2.75) is 19.4 Å². The number of fused-ring (bicyclic) bond motifs is 1. The summed E-state index contributed by atoms with van der Waals surface area (Å²) in [6.45, 7) is 3.06. The molecule has 3 aromatic rings. The Morgan fingerprint density at radius 3 is 2.86 bits per heavy atom. The Morgan fingerprint density at radius 1 is 1.24 bits per heavy atom. The standard InChI is InChI=1S/C16H19N5/c1-3-8-19-16(13-11-17-9-10-18-13)15-12-6-4-5-7-14(12)21(2)20-15/h4-7,9-11,16,19H,3,8H2,1-2H3. The van der Waals surface area contributed by atoms with Gasteiger partial charge in [-0.05, 0) is 19.0 Å². The van der Waals surface area contributed by atoms with Crippen molar-refractivity contribution in [3.05, 3.63) is 54.2 Å². The van der Waals surface area contributed by atoms with E-state index in [4.69, 9.17) is 5.10 Å². The molecule has 2 aromatic heterocycles. The molecule has 1 N–H and O–H groups in total. The molecule has 0 radical (unpaired) electrons. The van der Waals surface area contributed by atoms with Gasteiger partial charge in [0.05, 0.1) is 29.1 Å². The molecule has 21 heavy (non-hydrogen) atoms. The largest absolute Gasteiger partial charge is 0.304 e. The fourth-order valence-corrected chi connectivity index (χ4v) is 2.54. The molecule has 108 valence electrons. The van der Waals surface area contributed by atoms with E-state index in [0.29, 0.717) is 0 Å². The molecule has 0 amide bonds. The molecule has 1 unspecified atom stereocenters. The highest BCUT2D eigenvalue weighted by Crippen LogP contribution is 2.26. The van der Waals surface area contributed by atoms with Gasteiger partial charge >= 0.3 is 0 Å². The molecule has 0 bridgehead atoms. The fraction of sp³-hybridized carbons (Fsp3) is 0.312. The van der Waals surface area contributed by atoms with Crippen molar-refractivity contribution in [2.75, 3.05) is 6.54 Å². The Kier molecular flexibility index (Phi) is 3.92. The first-order valence-electron chi connectivity index (χ1n) is 7.22. The molecule has 5 nitrogen and oxygen atoms in total. The zero-order valence-electron chi connectivity index (χ0n) is 12.3. The molecule has 0 saturated heterocycles. The molecule has 0 fully saturated rings. The lowest BCUT2D eigenvalue weighted by molar-refractivity contribution is 0.566. The summed E-state index contributed by atoms with van der Waals surface area (Å²) >= 11 is 0. The van der Waals surface area contributed by atoms with Gasteiger partial charge in [0.25, 0.3) is 0 Å². The Bertz CT molecular complexity index is 720. The maximum atomic E-state index is 4.71. The molecule has 0 aliphatic heterocycles. The van der Waals surface area contributed by atoms with Crippen molar-refractivity contribution in [1.82, 2.24) is 25.1 Å². The number of nitrogens with zero attached hydrogens (tertiary/aromatic N) is 4. The summed E-state index contributed by atoms with van der Waals surface area (Å²) < 4.78 is 1.92. The van der Waals surface area contributed by atoms with Crippen LogP contribution >= 0.6 is 0 Å². The first kappa shape index (κ1) is 13.7. The van der Waals surface area contributed by atoms with Crippen LogP contribution in [0.2, 0.25) is 0 Å². The topological polar surface area (TPSA) is 55.6 Å². The minimum absolute atomic E-state index is 0.0373. The summed E-state index contributed by atoms with van der Waals surface area (Å²) in [7, 11) is 1.97. The van der Waals surface area contributed by atoms with Gasteiger partial charge in [-0.15, -0.1) is 0 Å². The Balaban J connectivity index is 2.10. The van der Waals surface area contributed by atoms with E-state index >= 15 is 0 Å². The van der Waals surface area contributed by atoms with Gasteiger partial charge in [0.15, 0.2) is 0 Å². The van der Waals surface area contributed by atoms with Crippen LogP contribution in [0.25, 0.3) is 10.9 Å². The third kappa shape index (κ3) is 2.64. The monoisotopic (exact) mass is 281 g/mol. The van der Waals surface area contributed by atoms with E-state index in [2.05, 4.69) is 34.3 Å². The van der Waals surface area contributed by atoms with Crippen molar-refractivity contribution in [3.8, 4) is 0 Å². The smallest absolute Gasteiger partial charge is 0.0965 e. The molecule has 3 rings (SSSR count). The van der Waals surface area contributed by atoms with E-state index in [9.17, 15) is 0 Å². The Labute approximate surface area is 124 Å². The van der Waals surface area contributed by atoms with Gasteiger partial charge in [-0.2, -0.15) is 5.10 Å². The quantitative estimate of drug-likeness (QED) is 0.780. The summed E-state index contributed by atoms with van der Waals surface area (Å²) in [5.41, 5.74) is 3.02. The summed E-state index contributed by atoms with van der Waals surface area (Å²) in [6.07, 6.45) is 6.27. The van der Waals surface area contributed by atoms with Gasteiger partial charge in [0, 0.05) is 24.8 Å². The second-order valence-corrected chi connectivity index (χ2v) is 5.04. The van der Waals surface area contributed by atoms with Crippen LogP contribution in [0.5, 0.6) is 0 Å². The minimum atomic E-state index is -0.0373. The van der Waals surface area contributed by atoms with E-state index in [1.807, 2.05) is 23.9 Å². The van der Waals surface area contributed by atoms with Gasteiger partial charge in [-0.25, -0.2) is 0 Å². The first-order chi connectivity index (χ1) is 10.3. The van der Waals surface area contributed by atoms with Crippen molar-refractivity contribution in [3.63, 3.8) is 0 Å². The van der Waals surface area contributed by atoms with E-state index < -0.39 is 0 Å². The second-order valence-electron chi connectivity index (χ2n) is 5.04. The molecule has 0 saturated carbocycles. The third-order valence-corrected chi connectivity index (χ3v) is 3.54. The molecule has 1 aromatic carbocycles. The lowest BCUT2D eigenvalue weighted by atomic mass is 10.1. The average Bonchev–Trinajstić information content (AvgIpc) is 2.87. The predicted octanol–water partition coefficient (Wildman–Crippen LogP) is 2.45. The number of para-hydroxylation sites is 1. The number of hydrogen-bond acceptors (Lipinski definition) is 4. The number of hydrogen-bond donors (Lipinski definition) is 1. The van der Waals surface area contributed by atoms with Crippen LogP contribution in [-0.4, -0.2) is 26.3 Å². The Morgan fingerprint density at radius 2 is 2.10 bits per heavy atom. The molecule has 5 heteroatoms.